The van der Waals surface area contributed by atoms with E-state index in [1.165, 1.54) is 18.2 Å². The van der Waals surface area contributed by atoms with E-state index in [1.54, 1.807) is 48.0 Å². The molecule has 0 aliphatic carbocycles. The molecule has 1 aliphatic heterocycles. The van der Waals surface area contributed by atoms with Gasteiger partial charge in [0.05, 0.1) is 34.1 Å². The first-order valence-electron chi connectivity index (χ1n) is 8.92. The van der Waals surface area contributed by atoms with Gasteiger partial charge in [0.25, 0.3) is 5.69 Å². The van der Waals surface area contributed by atoms with Crippen LogP contribution in [0, 0.1) is 21.4 Å². The Labute approximate surface area is 167 Å². The maximum Gasteiger partial charge on any atom is 0.270 e. The second-order valence-corrected chi connectivity index (χ2v) is 6.81. The second-order valence-electron chi connectivity index (χ2n) is 6.81. The fourth-order valence-electron chi connectivity index (χ4n) is 3.39. The van der Waals surface area contributed by atoms with Gasteiger partial charge < -0.3 is 15.1 Å². The maximum absolute atomic E-state index is 13.1. The lowest BCUT2D eigenvalue weighted by Gasteiger charge is -2.30. The summed E-state index contributed by atoms with van der Waals surface area (Å²) in [4.78, 5) is 38.7. The summed E-state index contributed by atoms with van der Waals surface area (Å²) in [7, 11) is 1.64. The number of non-ortho nitro benzene ring substituents is 1. The number of likely N-dealkylation sites (N-methyl/N-ethyl adjacent to an activating group) is 1. The van der Waals surface area contributed by atoms with Crippen LogP contribution in [0.2, 0.25) is 0 Å². The van der Waals surface area contributed by atoms with Gasteiger partial charge in [-0.15, -0.1) is 0 Å². The van der Waals surface area contributed by atoms with Gasteiger partial charge in [-0.25, -0.2) is 0 Å². The molecule has 0 bridgehead atoms. The average molecular weight is 393 g/mol. The number of fused-ring (bicyclic) bond motifs is 1. The highest BCUT2D eigenvalue weighted by Gasteiger charge is 2.30. The van der Waals surface area contributed by atoms with E-state index in [0.717, 1.165) is 0 Å². The van der Waals surface area contributed by atoms with Crippen LogP contribution in [0.15, 0.2) is 42.5 Å². The molecule has 3 rings (SSSR count). The minimum Gasteiger partial charge on any atom is -0.364 e. The third-order valence-corrected chi connectivity index (χ3v) is 4.72. The molecule has 0 fully saturated rings. The summed E-state index contributed by atoms with van der Waals surface area (Å²) in [5.41, 5.74) is 1.50. The van der Waals surface area contributed by atoms with E-state index in [-0.39, 0.29) is 42.1 Å². The van der Waals surface area contributed by atoms with E-state index >= 15 is 0 Å². The molecule has 2 aromatic rings. The summed E-state index contributed by atoms with van der Waals surface area (Å²) in [6.07, 6.45) is 0.158. The first-order chi connectivity index (χ1) is 13.8. The first kappa shape index (κ1) is 19.8. The number of amides is 2. The van der Waals surface area contributed by atoms with Gasteiger partial charge in [-0.2, -0.15) is 5.26 Å². The molecule has 9 heteroatoms. The Bertz CT molecular complexity index is 1030. The van der Waals surface area contributed by atoms with Gasteiger partial charge in [0.1, 0.15) is 6.07 Å². The van der Waals surface area contributed by atoms with E-state index in [0.29, 0.717) is 17.1 Å². The number of hydrogen-bond acceptors (Lipinski definition) is 6. The van der Waals surface area contributed by atoms with E-state index in [9.17, 15) is 25.0 Å². The third kappa shape index (κ3) is 4.01. The summed E-state index contributed by atoms with van der Waals surface area (Å²) in [6, 6.07) is 12.6. The Hall–Kier alpha value is -3.93. The number of nitriles is 1. The fourth-order valence-corrected chi connectivity index (χ4v) is 3.39. The number of para-hydroxylation sites is 2. The molecule has 1 heterocycles. The van der Waals surface area contributed by atoms with Crippen LogP contribution in [0.1, 0.15) is 18.9 Å². The van der Waals surface area contributed by atoms with Crippen LogP contribution in [-0.4, -0.2) is 36.4 Å². The van der Waals surface area contributed by atoms with Crippen molar-refractivity contribution >= 4 is 34.6 Å². The molecule has 1 N–H and O–H groups in total. The molecule has 2 aromatic carbocycles. The van der Waals surface area contributed by atoms with Crippen molar-refractivity contribution in [3.8, 4) is 6.07 Å². The number of rotatable bonds is 4. The highest BCUT2D eigenvalue weighted by atomic mass is 16.6. The highest BCUT2D eigenvalue weighted by molar-refractivity contribution is 6.05. The largest absolute Gasteiger partial charge is 0.364 e. The molecule has 29 heavy (non-hydrogen) atoms. The molecule has 2 amide bonds. The topological polar surface area (TPSA) is 120 Å². The number of benzene rings is 2. The number of anilines is 3. The molecular formula is C20H19N5O4. The highest BCUT2D eigenvalue weighted by Crippen LogP contribution is 2.32. The van der Waals surface area contributed by atoms with Gasteiger partial charge in [-0.1, -0.05) is 12.1 Å². The van der Waals surface area contributed by atoms with Crippen LogP contribution in [0.4, 0.5) is 22.7 Å². The van der Waals surface area contributed by atoms with Gasteiger partial charge in [0, 0.05) is 31.6 Å². The van der Waals surface area contributed by atoms with Crippen molar-refractivity contribution in [2.75, 3.05) is 28.7 Å². The molecule has 0 saturated carbocycles. The molecule has 9 nitrogen and oxygen atoms in total. The zero-order valence-electron chi connectivity index (χ0n) is 16.0. The standard InChI is InChI=1S/C20H19N5O4/c1-13-9-19(26)22-16-5-3-4-6-18(16)24(13)20(27)12-23(2)17-8-7-15(25(28)29)10-14(17)11-21/h3-8,10,13H,9,12H2,1-2H3,(H,22,26). The van der Waals surface area contributed by atoms with Gasteiger partial charge >= 0.3 is 0 Å². The lowest BCUT2D eigenvalue weighted by atomic mass is 10.1. The van der Waals surface area contributed by atoms with Crippen molar-refractivity contribution in [2.24, 2.45) is 0 Å². The predicted molar refractivity (Wildman–Crippen MR) is 108 cm³/mol. The lowest BCUT2D eigenvalue weighted by molar-refractivity contribution is -0.384. The number of nitrogens with one attached hydrogen (secondary N) is 1. The summed E-state index contributed by atoms with van der Waals surface area (Å²) in [6.45, 7) is 1.73. The quantitative estimate of drug-likeness (QED) is 0.630. The zero-order valence-corrected chi connectivity index (χ0v) is 16.0. The Morgan fingerprint density at radius 3 is 2.79 bits per heavy atom. The number of nitro groups is 1. The summed E-state index contributed by atoms with van der Waals surface area (Å²) in [5, 5.41) is 23.1. The van der Waals surface area contributed by atoms with Gasteiger partial charge in [0.15, 0.2) is 0 Å². The molecule has 1 aliphatic rings. The average Bonchev–Trinajstić information content (AvgIpc) is 2.81. The molecule has 1 unspecified atom stereocenters. The normalized spacial score (nSPS) is 15.6. The minimum absolute atomic E-state index is 0.0701. The molecule has 1 atom stereocenters. The van der Waals surface area contributed by atoms with Crippen molar-refractivity contribution in [3.05, 3.63) is 58.1 Å². The maximum atomic E-state index is 13.1. The van der Waals surface area contributed by atoms with E-state index in [2.05, 4.69) is 5.32 Å². The Kier molecular flexibility index (Phi) is 5.45. The molecular weight excluding hydrogens is 374 g/mol. The predicted octanol–water partition coefficient (Wildman–Crippen LogP) is 2.67. The smallest absolute Gasteiger partial charge is 0.270 e. The SMILES string of the molecule is CC1CC(=O)Nc2ccccc2N1C(=O)CN(C)c1ccc([N+](=O)[O-])cc1C#N. The van der Waals surface area contributed by atoms with Gasteiger partial charge in [-0.3, -0.25) is 19.7 Å². The summed E-state index contributed by atoms with van der Waals surface area (Å²) in [5.74, 6) is -0.429. The molecule has 0 spiro atoms. The molecule has 0 radical (unpaired) electrons. The van der Waals surface area contributed by atoms with Gasteiger partial charge in [-0.05, 0) is 25.1 Å². The number of hydrogen-bond donors (Lipinski definition) is 1. The fraction of sp³-hybridized carbons (Fsp3) is 0.250. The van der Waals surface area contributed by atoms with Crippen LogP contribution < -0.4 is 15.1 Å². The third-order valence-electron chi connectivity index (χ3n) is 4.72. The van der Waals surface area contributed by atoms with Crippen molar-refractivity contribution < 1.29 is 14.5 Å². The lowest BCUT2D eigenvalue weighted by Crippen LogP contribution is -2.44. The minimum atomic E-state index is -0.574. The van der Waals surface area contributed by atoms with Crippen LogP contribution in [0.5, 0.6) is 0 Å². The monoisotopic (exact) mass is 393 g/mol. The summed E-state index contributed by atoms with van der Waals surface area (Å²) >= 11 is 0. The van der Waals surface area contributed by atoms with Crippen molar-refractivity contribution in [3.63, 3.8) is 0 Å². The second kappa shape index (κ2) is 7.98. The van der Waals surface area contributed by atoms with E-state index in [1.807, 2.05) is 6.07 Å². The number of nitrogens with zero attached hydrogens (tertiary/aromatic N) is 4. The number of carbonyl (C=O) groups excluding carboxylic acids is 2. The van der Waals surface area contributed by atoms with Crippen LogP contribution in [0.3, 0.4) is 0 Å². The molecule has 0 saturated heterocycles. The van der Waals surface area contributed by atoms with Crippen molar-refractivity contribution in [2.45, 2.75) is 19.4 Å². The van der Waals surface area contributed by atoms with Crippen LogP contribution >= 0.6 is 0 Å². The first-order valence-corrected chi connectivity index (χ1v) is 8.92. The Balaban J connectivity index is 1.89. The van der Waals surface area contributed by atoms with Gasteiger partial charge in [0.2, 0.25) is 11.8 Å². The van der Waals surface area contributed by atoms with E-state index < -0.39 is 4.92 Å². The van der Waals surface area contributed by atoms with Crippen molar-refractivity contribution in [1.82, 2.24) is 0 Å². The Morgan fingerprint density at radius 2 is 2.10 bits per heavy atom. The number of nitro benzene ring substituents is 1. The summed E-state index contributed by atoms with van der Waals surface area (Å²) < 4.78 is 0. The Morgan fingerprint density at radius 1 is 1.38 bits per heavy atom. The van der Waals surface area contributed by atoms with Crippen LogP contribution in [-0.2, 0) is 9.59 Å². The molecule has 0 aromatic heterocycles. The van der Waals surface area contributed by atoms with E-state index in [4.69, 9.17) is 0 Å². The van der Waals surface area contributed by atoms with Crippen molar-refractivity contribution in [1.29, 1.82) is 5.26 Å². The zero-order chi connectivity index (χ0) is 21.1. The van der Waals surface area contributed by atoms with Crippen LogP contribution in [0.25, 0.3) is 0 Å². The molecule has 148 valence electrons. The number of carbonyl (C=O) groups is 2.